The fourth-order valence-corrected chi connectivity index (χ4v) is 1.04. The van der Waals surface area contributed by atoms with Gasteiger partial charge in [0.1, 0.15) is 0 Å². The molecule has 1 unspecified atom stereocenters. The Balaban J connectivity index is 2.17. The highest BCUT2D eigenvalue weighted by Crippen LogP contribution is 1.96. The second-order valence-corrected chi connectivity index (χ2v) is 2.84. The molecular weight excluding hydrogens is 188 g/mol. The Hall–Kier alpha value is -0.200. The third-order valence-corrected chi connectivity index (χ3v) is 1.79. The van der Waals surface area contributed by atoms with Crippen LogP contribution >= 0.6 is 0 Å². The highest BCUT2D eigenvalue weighted by atomic mass is 16.7. The first-order chi connectivity index (χ1) is 6.93. The largest absolute Gasteiger partial charge is 0.377 e. The maximum atomic E-state index is 5.35. The zero-order valence-electron chi connectivity index (χ0n) is 8.57. The van der Waals surface area contributed by atoms with Crippen LogP contribution in [0.1, 0.15) is 0 Å². The monoisotopic (exact) mass is 206 g/mol. The van der Waals surface area contributed by atoms with Gasteiger partial charge in [-0.2, -0.15) is 0 Å². The number of methoxy groups -OCH3 is 1. The molecule has 0 bridgehead atoms. The molecule has 1 rings (SSSR count). The minimum absolute atomic E-state index is 0.307. The molecule has 1 heterocycles. The molecule has 0 saturated carbocycles. The molecule has 0 amide bonds. The van der Waals surface area contributed by atoms with Crippen molar-refractivity contribution in [2.24, 2.45) is 0 Å². The van der Waals surface area contributed by atoms with Gasteiger partial charge in [0.25, 0.3) is 0 Å². The first kappa shape index (κ1) is 11.9. The summed E-state index contributed by atoms with van der Waals surface area (Å²) in [6.07, 6.45) is -0.307. The van der Waals surface area contributed by atoms with Crippen molar-refractivity contribution in [1.82, 2.24) is 0 Å². The van der Waals surface area contributed by atoms with Crippen molar-refractivity contribution in [3.63, 3.8) is 0 Å². The van der Waals surface area contributed by atoms with Crippen molar-refractivity contribution < 1.29 is 23.7 Å². The predicted octanol–water partition coefficient (Wildman–Crippen LogP) is 0.0389. The Morgan fingerprint density at radius 1 is 0.857 bits per heavy atom. The molecule has 0 spiro atoms. The summed E-state index contributed by atoms with van der Waals surface area (Å²) in [5, 5.41) is 0. The first-order valence-electron chi connectivity index (χ1n) is 4.81. The lowest BCUT2D eigenvalue weighted by molar-refractivity contribution is -0.170. The Bertz CT molecular complexity index is 118. The van der Waals surface area contributed by atoms with Crippen LogP contribution in [0.5, 0.6) is 0 Å². The van der Waals surface area contributed by atoms with Crippen LogP contribution in [0.3, 0.4) is 0 Å². The van der Waals surface area contributed by atoms with Gasteiger partial charge in [-0.1, -0.05) is 0 Å². The topological polar surface area (TPSA) is 46.2 Å². The van der Waals surface area contributed by atoms with Gasteiger partial charge in [0, 0.05) is 7.11 Å². The molecule has 1 aliphatic rings. The van der Waals surface area contributed by atoms with Crippen LogP contribution in [-0.2, 0) is 23.7 Å². The fraction of sp³-hybridized carbons (Fsp3) is 1.00. The number of rotatable bonds is 1. The van der Waals surface area contributed by atoms with Gasteiger partial charge in [0.2, 0.25) is 0 Å². The van der Waals surface area contributed by atoms with Crippen LogP contribution in [0, 0.1) is 0 Å². The molecule has 0 aliphatic carbocycles. The van der Waals surface area contributed by atoms with Crippen LogP contribution in [-0.4, -0.2) is 59.6 Å². The van der Waals surface area contributed by atoms with Gasteiger partial charge in [0.05, 0.1) is 46.2 Å². The van der Waals surface area contributed by atoms with E-state index in [-0.39, 0.29) is 6.29 Å². The molecule has 0 aromatic carbocycles. The molecule has 0 radical (unpaired) electrons. The van der Waals surface area contributed by atoms with Crippen LogP contribution < -0.4 is 0 Å². The summed E-state index contributed by atoms with van der Waals surface area (Å²) in [5.41, 5.74) is 0. The lowest BCUT2D eigenvalue weighted by Crippen LogP contribution is -2.26. The zero-order chi connectivity index (χ0) is 10.1. The van der Waals surface area contributed by atoms with Crippen LogP contribution in [0.15, 0.2) is 0 Å². The van der Waals surface area contributed by atoms with E-state index in [2.05, 4.69) is 0 Å². The minimum atomic E-state index is -0.307. The molecule has 14 heavy (non-hydrogen) atoms. The molecule has 84 valence electrons. The molecule has 5 nitrogen and oxygen atoms in total. The van der Waals surface area contributed by atoms with Gasteiger partial charge in [0.15, 0.2) is 6.29 Å². The average molecular weight is 206 g/mol. The molecule has 1 fully saturated rings. The fourth-order valence-electron chi connectivity index (χ4n) is 1.04. The predicted molar refractivity (Wildman–Crippen MR) is 49.2 cm³/mol. The van der Waals surface area contributed by atoms with E-state index < -0.39 is 0 Å². The van der Waals surface area contributed by atoms with Crippen molar-refractivity contribution in [3.05, 3.63) is 0 Å². The van der Waals surface area contributed by atoms with E-state index in [9.17, 15) is 0 Å². The van der Waals surface area contributed by atoms with E-state index in [1.807, 2.05) is 0 Å². The summed E-state index contributed by atoms with van der Waals surface area (Å²) in [4.78, 5) is 0. The summed E-state index contributed by atoms with van der Waals surface area (Å²) < 4.78 is 26.2. The summed E-state index contributed by atoms with van der Waals surface area (Å²) in [5.74, 6) is 0. The molecule has 0 aromatic heterocycles. The van der Waals surface area contributed by atoms with E-state index in [1.54, 1.807) is 7.11 Å². The van der Waals surface area contributed by atoms with E-state index in [0.717, 1.165) is 0 Å². The number of ether oxygens (including phenoxy) is 5. The maximum absolute atomic E-state index is 5.35. The van der Waals surface area contributed by atoms with E-state index >= 15 is 0 Å². The summed E-state index contributed by atoms with van der Waals surface area (Å²) in [6.45, 7) is 3.85. The first-order valence-corrected chi connectivity index (χ1v) is 4.81. The average Bonchev–Trinajstić information content (AvgIpc) is 2.19. The van der Waals surface area contributed by atoms with Gasteiger partial charge >= 0.3 is 0 Å². The van der Waals surface area contributed by atoms with Crippen molar-refractivity contribution in [2.45, 2.75) is 6.29 Å². The van der Waals surface area contributed by atoms with Gasteiger partial charge < -0.3 is 23.7 Å². The van der Waals surface area contributed by atoms with Gasteiger partial charge in [-0.15, -0.1) is 0 Å². The smallest absolute Gasteiger partial charge is 0.180 e. The lowest BCUT2D eigenvalue weighted by Gasteiger charge is -2.17. The quantitative estimate of drug-likeness (QED) is 0.606. The Morgan fingerprint density at radius 3 is 2.07 bits per heavy atom. The van der Waals surface area contributed by atoms with Gasteiger partial charge in [-0.25, -0.2) is 0 Å². The second-order valence-electron chi connectivity index (χ2n) is 2.84. The molecule has 5 heteroatoms. The lowest BCUT2D eigenvalue weighted by atomic mass is 10.6. The molecule has 1 aliphatic heterocycles. The summed E-state index contributed by atoms with van der Waals surface area (Å²) in [7, 11) is 1.59. The number of hydrogen-bond donors (Lipinski definition) is 0. The molecular formula is C9H18O5. The SMILES string of the molecule is COC1COCCOCCOCCO1. The van der Waals surface area contributed by atoms with E-state index in [1.165, 1.54) is 0 Å². The normalized spacial score (nSPS) is 27.6. The van der Waals surface area contributed by atoms with Crippen molar-refractivity contribution in [3.8, 4) is 0 Å². The summed E-state index contributed by atoms with van der Waals surface area (Å²) in [6, 6.07) is 0. The van der Waals surface area contributed by atoms with E-state index in [0.29, 0.717) is 46.2 Å². The minimum Gasteiger partial charge on any atom is -0.377 e. The van der Waals surface area contributed by atoms with Crippen LogP contribution in [0.4, 0.5) is 0 Å². The van der Waals surface area contributed by atoms with Gasteiger partial charge in [-0.05, 0) is 0 Å². The zero-order valence-corrected chi connectivity index (χ0v) is 8.57. The third-order valence-electron chi connectivity index (χ3n) is 1.79. The third kappa shape index (κ3) is 5.51. The Labute approximate surface area is 84.2 Å². The van der Waals surface area contributed by atoms with Crippen molar-refractivity contribution in [1.29, 1.82) is 0 Å². The molecule has 1 atom stereocenters. The van der Waals surface area contributed by atoms with Crippen molar-refractivity contribution >= 4 is 0 Å². The summed E-state index contributed by atoms with van der Waals surface area (Å²) >= 11 is 0. The van der Waals surface area contributed by atoms with E-state index in [4.69, 9.17) is 23.7 Å². The highest BCUT2D eigenvalue weighted by molar-refractivity contribution is 4.43. The Kier molecular flexibility index (Phi) is 6.90. The highest BCUT2D eigenvalue weighted by Gasteiger charge is 2.07. The maximum Gasteiger partial charge on any atom is 0.180 e. The van der Waals surface area contributed by atoms with Crippen LogP contribution in [0.25, 0.3) is 0 Å². The molecule has 0 aromatic rings. The Morgan fingerprint density at radius 2 is 1.43 bits per heavy atom. The van der Waals surface area contributed by atoms with Gasteiger partial charge in [-0.3, -0.25) is 0 Å². The standard InChI is InChI=1S/C9H18O5/c1-10-9-8-13-5-4-11-2-3-12-6-7-14-9/h9H,2-8H2,1H3. The molecule has 1 saturated heterocycles. The molecule has 0 N–H and O–H groups in total. The van der Waals surface area contributed by atoms with Crippen molar-refractivity contribution in [2.75, 3.05) is 53.4 Å². The second kappa shape index (κ2) is 8.14. The number of hydrogen-bond acceptors (Lipinski definition) is 5. The van der Waals surface area contributed by atoms with Crippen LogP contribution in [0.2, 0.25) is 0 Å².